The summed E-state index contributed by atoms with van der Waals surface area (Å²) in [7, 11) is 0. The fraction of sp³-hybridized carbons (Fsp3) is 0.0556. The third kappa shape index (κ3) is 4.04. The molecule has 0 aliphatic carbocycles. The Hall–Kier alpha value is -2.39. The Labute approximate surface area is 128 Å². The third-order valence-corrected chi connectivity index (χ3v) is 3.69. The van der Waals surface area contributed by atoms with Gasteiger partial charge in [-0.25, -0.2) is 0 Å². The molecule has 0 N–H and O–H groups in total. The van der Waals surface area contributed by atoms with E-state index in [2.05, 4.69) is 22.5 Å². The van der Waals surface area contributed by atoms with Gasteiger partial charge in [0.15, 0.2) is 0 Å². The number of rotatable bonds is 5. The zero-order valence-corrected chi connectivity index (χ0v) is 12.3. The Balaban J connectivity index is 1.59. The average Bonchev–Trinajstić information content (AvgIpc) is 3.06. The van der Waals surface area contributed by atoms with E-state index in [1.54, 1.807) is 11.3 Å². The highest BCUT2D eigenvalue weighted by molar-refractivity contribution is 7.08. The molecule has 21 heavy (non-hydrogen) atoms. The summed E-state index contributed by atoms with van der Waals surface area (Å²) < 4.78 is 5.75. The van der Waals surface area contributed by atoms with Crippen LogP contribution in [-0.4, -0.2) is 6.21 Å². The van der Waals surface area contributed by atoms with Crippen molar-refractivity contribution in [2.75, 3.05) is 0 Å². The summed E-state index contributed by atoms with van der Waals surface area (Å²) in [5, 5.41) is 4.11. The zero-order chi connectivity index (χ0) is 14.3. The van der Waals surface area contributed by atoms with Crippen LogP contribution in [0.4, 0.5) is 5.69 Å². The van der Waals surface area contributed by atoms with Crippen LogP contribution in [0.1, 0.15) is 11.1 Å². The van der Waals surface area contributed by atoms with Crippen molar-refractivity contribution in [1.82, 2.24) is 0 Å². The highest BCUT2D eigenvalue weighted by Crippen LogP contribution is 2.19. The first kappa shape index (κ1) is 13.6. The van der Waals surface area contributed by atoms with E-state index >= 15 is 0 Å². The maximum absolute atomic E-state index is 5.75. The summed E-state index contributed by atoms with van der Waals surface area (Å²) in [5.41, 5.74) is 3.22. The smallest absolute Gasteiger partial charge is 0.119 e. The van der Waals surface area contributed by atoms with Crippen LogP contribution in [0.2, 0.25) is 0 Å². The van der Waals surface area contributed by atoms with Gasteiger partial charge in [0.05, 0.1) is 5.69 Å². The first-order valence-corrected chi connectivity index (χ1v) is 7.67. The van der Waals surface area contributed by atoms with E-state index < -0.39 is 0 Å². The molecule has 3 heteroatoms. The van der Waals surface area contributed by atoms with Gasteiger partial charge < -0.3 is 4.74 Å². The summed E-state index contributed by atoms with van der Waals surface area (Å²) in [6, 6.07) is 20.0. The molecule has 104 valence electrons. The number of nitrogens with zero attached hydrogens (tertiary/aromatic N) is 1. The van der Waals surface area contributed by atoms with Crippen molar-refractivity contribution in [1.29, 1.82) is 0 Å². The molecule has 0 atom stereocenters. The Kier molecular flexibility index (Phi) is 4.44. The van der Waals surface area contributed by atoms with Crippen LogP contribution < -0.4 is 4.74 Å². The SMILES string of the molecule is C(=Nc1ccc(OCc2ccccc2)cc1)c1ccsc1. The summed E-state index contributed by atoms with van der Waals surface area (Å²) in [6.45, 7) is 0.582. The van der Waals surface area contributed by atoms with Crippen LogP contribution in [0.3, 0.4) is 0 Å². The van der Waals surface area contributed by atoms with Gasteiger partial charge in [-0.05, 0) is 46.7 Å². The fourth-order valence-electron chi connectivity index (χ4n) is 1.87. The summed E-state index contributed by atoms with van der Waals surface area (Å²) in [4.78, 5) is 4.43. The molecule has 3 aromatic rings. The molecule has 2 aromatic carbocycles. The molecule has 1 heterocycles. The minimum Gasteiger partial charge on any atom is -0.489 e. The van der Waals surface area contributed by atoms with Gasteiger partial charge in [0.1, 0.15) is 12.4 Å². The van der Waals surface area contributed by atoms with Crippen molar-refractivity contribution < 1.29 is 4.74 Å². The van der Waals surface area contributed by atoms with E-state index in [0.29, 0.717) is 6.61 Å². The normalized spacial score (nSPS) is 10.9. The van der Waals surface area contributed by atoms with Gasteiger partial charge in [-0.15, -0.1) is 0 Å². The second-order valence-electron chi connectivity index (χ2n) is 4.58. The van der Waals surface area contributed by atoms with Crippen LogP contribution in [0.5, 0.6) is 5.75 Å². The molecule has 3 rings (SSSR count). The van der Waals surface area contributed by atoms with Gasteiger partial charge in [-0.1, -0.05) is 30.3 Å². The topological polar surface area (TPSA) is 21.6 Å². The molecule has 0 aliphatic heterocycles. The van der Waals surface area contributed by atoms with E-state index in [0.717, 1.165) is 22.6 Å². The number of hydrogen-bond acceptors (Lipinski definition) is 3. The highest BCUT2D eigenvalue weighted by atomic mass is 32.1. The molecule has 0 spiro atoms. The predicted molar refractivity (Wildman–Crippen MR) is 88.8 cm³/mol. The number of hydrogen-bond donors (Lipinski definition) is 0. The number of thiophene rings is 1. The minimum absolute atomic E-state index is 0.582. The van der Waals surface area contributed by atoms with E-state index in [1.807, 2.05) is 60.1 Å². The quantitative estimate of drug-likeness (QED) is 0.601. The standard InChI is InChI=1S/C18H15NOS/c1-2-4-15(5-3-1)13-20-18-8-6-17(7-9-18)19-12-16-10-11-21-14-16/h1-12,14H,13H2. The summed E-state index contributed by atoms with van der Waals surface area (Å²) in [6.07, 6.45) is 1.87. The second kappa shape index (κ2) is 6.86. The van der Waals surface area contributed by atoms with Crippen LogP contribution in [0, 0.1) is 0 Å². The van der Waals surface area contributed by atoms with Gasteiger partial charge >= 0.3 is 0 Å². The Bertz CT molecular complexity index is 688. The van der Waals surface area contributed by atoms with Crippen molar-refractivity contribution in [2.45, 2.75) is 6.61 Å². The van der Waals surface area contributed by atoms with Crippen LogP contribution >= 0.6 is 11.3 Å². The van der Waals surface area contributed by atoms with Crippen LogP contribution in [-0.2, 0) is 6.61 Å². The van der Waals surface area contributed by atoms with E-state index in [1.165, 1.54) is 0 Å². The zero-order valence-electron chi connectivity index (χ0n) is 11.5. The lowest BCUT2D eigenvalue weighted by molar-refractivity contribution is 0.306. The molecule has 0 radical (unpaired) electrons. The highest BCUT2D eigenvalue weighted by Gasteiger charge is 1.96. The lowest BCUT2D eigenvalue weighted by Crippen LogP contribution is -1.94. The lowest BCUT2D eigenvalue weighted by atomic mass is 10.2. The molecule has 1 aromatic heterocycles. The lowest BCUT2D eigenvalue weighted by Gasteiger charge is -2.06. The van der Waals surface area contributed by atoms with Gasteiger partial charge in [0.2, 0.25) is 0 Å². The molecule has 2 nitrogen and oxygen atoms in total. The van der Waals surface area contributed by atoms with Gasteiger partial charge in [-0.2, -0.15) is 11.3 Å². The summed E-state index contributed by atoms with van der Waals surface area (Å²) >= 11 is 1.67. The van der Waals surface area contributed by atoms with Gasteiger partial charge in [-0.3, -0.25) is 4.99 Å². The van der Waals surface area contributed by atoms with Crippen molar-refractivity contribution in [3.8, 4) is 5.75 Å². The van der Waals surface area contributed by atoms with Crippen molar-refractivity contribution >= 4 is 23.2 Å². The molecule has 0 bridgehead atoms. The monoisotopic (exact) mass is 293 g/mol. The largest absolute Gasteiger partial charge is 0.489 e. The first-order chi connectivity index (χ1) is 10.4. The molecular formula is C18H15NOS. The summed E-state index contributed by atoms with van der Waals surface area (Å²) in [5.74, 6) is 0.855. The van der Waals surface area contributed by atoms with Crippen molar-refractivity contribution in [2.24, 2.45) is 4.99 Å². The number of aliphatic imine (C=N–C) groups is 1. The van der Waals surface area contributed by atoms with E-state index in [9.17, 15) is 0 Å². The van der Waals surface area contributed by atoms with E-state index in [4.69, 9.17) is 4.74 Å². The number of benzene rings is 2. The molecule has 0 amide bonds. The Morgan fingerprint density at radius 3 is 2.48 bits per heavy atom. The van der Waals surface area contributed by atoms with Crippen LogP contribution in [0.15, 0.2) is 76.4 Å². The maximum atomic E-state index is 5.75. The molecule has 0 saturated carbocycles. The van der Waals surface area contributed by atoms with Crippen LogP contribution in [0.25, 0.3) is 0 Å². The van der Waals surface area contributed by atoms with Gasteiger partial charge in [0.25, 0.3) is 0 Å². The van der Waals surface area contributed by atoms with Crippen molar-refractivity contribution in [3.63, 3.8) is 0 Å². The number of ether oxygens (including phenoxy) is 1. The molecule has 0 fully saturated rings. The average molecular weight is 293 g/mol. The predicted octanol–water partition coefficient (Wildman–Crippen LogP) is 5.08. The molecule has 0 saturated heterocycles. The maximum Gasteiger partial charge on any atom is 0.119 e. The third-order valence-electron chi connectivity index (χ3n) is 2.99. The van der Waals surface area contributed by atoms with Crippen molar-refractivity contribution in [3.05, 3.63) is 82.6 Å². The molecule has 0 unspecified atom stereocenters. The molecule has 0 aliphatic rings. The van der Waals surface area contributed by atoms with Gasteiger partial charge in [0, 0.05) is 11.8 Å². The van der Waals surface area contributed by atoms with E-state index in [-0.39, 0.29) is 0 Å². The Morgan fingerprint density at radius 1 is 0.952 bits per heavy atom. The Morgan fingerprint density at radius 2 is 1.76 bits per heavy atom. The fourth-order valence-corrected chi connectivity index (χ4v) is 2.48. The second-order valence-corrected chi connectivity index (χ2v) is 5.36. The first-order valence-electron chi connectivity index (χ1n) is 6.73. The minimum atomic E-state index is 0.582. The molecular weight excluding hydrogens is 278 g/mol.